The lowest BCUT2D eigenvalue weighted by molar-refractivity contribution is 0.102. The molecule has 0 unspecified atom stereocenters. The lowest BCUT2D eigenvalue weighted by atomic mass is 10.2. The highest BCUT2D eigenvalue weighted by Gasteiger charge is 2.11. The fourth-order valence-electron chi connectivity index (χ4n) is 2.52. The van der Waals surface area contributed by atoms with Crippen molar-refractivity contribution < 1.29 is 19.0 Å². The second-order valence-corrected chi connectivity index (χ2v) is 5.69. The summed E-state index contributed by atoms with van der Waals surface area (Å²) in [5.41, 5.74) is 1.16. The van der Waals surface area contributed by atoms with E-state index in [1.807, 2.05) is 37.3 Å². The summed E-state index contributed by atoms with van der Waals surface area (Å²) in [6.07, 6.45) is 0. The van der Waals surface area contributed by atoms with Gasteiger partial charge in [-0.2, -0.15) is 0 Å². The fraction of sp³-hybridized carbons (Fsp3) is 0.136. The standard InChI is InChI=1S/C22H21NO4/c1-3-26-20-14-9-16(15-21(20)25-2)22(24)23-17-10-12-19(13-11-17)27-18-7-5-4-6-8-18/h4-15H,3H2,1-2H3,(H,23,24). The Morgan fingerprint density at radius 2 is 1.59 bits per heavy atom. The Labute approximate surface area is 158 Å². The molecule has 1 amide bonds. The van der Waals surface area contributed by atoms with E-state index in [4.69, 9.17) is 14.2 Å². The number of carbonyl (C=O) groups is 1. The van der Waals surface area contributed by atoms with Gasteiger partial charge in [0, 0.05) is 11.3 Å². The van der Waals surface area contributed by atoms with Crippen LogP contribution in [-0.2, 0) is 0 Å². The quantitative estimate of drug-likeness (QED) is 0.631. The van der Waals surface area contributed by atoms with Crippen molar-refractivity contribution in [2.45, 2.75) is 6.92 Å². The van der Waals surface area contributed by atoms with Crippen molar-refractivity contribution in [2.24, 2.45) is 0 Å². The van der Waals surface area contributed by atoms with Gasteiger partial charge in [0.1, 0.15) is 11.5 Å². The van der Waals surface area contributed by atoms with E-state index in [-0.39, 0.29) is 5.91 Å². The third-order valence-corrected chi connectivity index (χ3v) is 3.82. The van der Waals surface area contributed by atoms with E-state index in [1.54, 1.807) is 49.6 Å². The number of methoxy groups -OCH3 is 1. The second-order valence-electron chi connectivity index (χ2n) is 5.69. The molecule has 3 aromatic carbocycles. The first-order valence-electron chi connectivity index (χ1n) is 8.64. The molecular weight excluding hydrogens is 342 g/mol. The Morgan fingerprint density at radius 1 is 0.889 bits per heavy atom. The molecule has 27 heavy (non-hydrogen) atoms. The molecule has 0 aromatic heterocycles. The molecule has 3 aromatic rings. The predicted octanol–water partition coefficient (Wildman–Crippen LogP) is 5.14. The summed E-state index contributed by atoms with van der Waals surface area (Å²) in [6, 6.07) is 21.8. The third kappa shape index (κ3) is 4.79. The zero-order valence-electron chi connectivity index (χ0n) is 15.3. The van der Waals surface area contributed by atoms with Crippen LogP contribution in [0.4, 0.5) is 5.69 Å². The van der Waals surface area contributed by atoms with Gasteiger partial charge in [-0.25, -0.2) is 0 Å². The van der Waals surface area contributed by atoms with Crippen molar-refractivity contribution in [1.29, 1.82) is 0 Å². The molecule has 0 radical (unpaired) electrons. The van der Waals surface area contributed by atoms with E-state index < -0.39 is 0 Å². The van der Waals surface area contributed by atoms with E-state index >= 15 is 0 Å². The molecule has 3 rings (SSSR count). The van der Waals surface area contributed by atoms with Gasteiger partial charge < -0.3 is 19.5 Å². The first-order chi connectivity index (χ1) is 13.2. The summed E-state index contributed by atoms with van der Waals surface area (Å²) in [5, 5.41) is 2.86. The molecule has 1 N–H and O–H groups in total. The van der Waals surface area contributed by atoms with Crippen LogP contribution in [0.15, 0.2) is 72.8 Å². The van der Waals surface area contributed by atoms with Gasteiger partial charge in [-0.15, -0.1) is 0 Å². The summed E-state index contributed by atoms with van der Waals surface area (Å²) in [5.74, 6) is 2.36. The Morgan fingerprint density at radius 3 is 2.26 bits per heavy atom. The first kappa shape index (κ1) is 18.3. The molecule has 0 spiro atoms. The Hall–Kier alpha value is -3.47. The molecule has 0 saturated carbocycles. The van der Waals surface area contributed by atoms with Gasteiger partial charge in [-0.3, -0.25) is 4.79 Å². The summed E-state index contributed by atoms with van der Waals surface area (Å²) in [6.45, 7) is 2.42. The zero-order valence-corrected chi connectivity index (χ0v) is 15.3. The average Bonchev–Trinajstić information content (AvgIpc) is 2.70. The molecule has 0 saturated heterocycles. The van der Waals surface area contributed by atoms with E-state index in [0.29, 0.717) is 35.1 Å². The van der Waals surface area contributed by atoms with E-state index in [9.17, 15) is 4.79 Å². The maximum Gasteiger partial charge on any atom is 0.255 e. The summed E-state index contributed by atoms with van der Waals surface area (Å²) < 4.78 is 16.5. The molecule has 0 fully saturated rings. The molecule has 0 aliphatic carbocycles. The van der Waals surface area contributed by atoms with Gasteiger partial charge >= 0.3 is 0 Å². The highest BCUT2D eigenvalue weighted by atomic mass is 16.5. The van der Waals surface area contributed by atoms with E-state index in [1.165, 1.54) is 0 Å². The van der Waals surface area contributed by atoms with Gasteiger partial charge in [-0.05, 0) is 61.5 Å². The van der Waals surface area contributed by atoms with Gasteiger partial charge in [0.2, 0.25) is 0 Å². The minimum Gasteiger partial charge on any atom is -0.493 e. The summed E-state index contributed by atoms with van der Waals surface area (Å²) >= 11 is 0. The maximum absolute atomic E-state index is 12.5. The molecular formula is C22H21NO4. The van der Waals surface area contributed by atoms with Crippen molar-refractivity contribution in [3.63, 3.8) is 0 Å². The highest BCUT2D eigenvalue weighted by Crippen LogP contribution is 2.28. The van der Waals surface area contributed by atoms with Crippen LogP contribution >= 0.6 is 0 Å². The van der Waals surface area contributed by atoms with Crippen molar-refractivity contribution in [2.75, 3.05) is 19.0 Å². The first-order valence-corrected chi connectivity index (χ1v) is 8.64. The number of hydrogen-bond acceptors (Lipinski definition) is 4. The predicted molar refractivity (Wildman–Crippen MR) is 105 cm³/mol. The highest BCUT2D eigenvalue weighted by molar-refractivity contribution is 6.04. The summed E-state index contributed by atoms with van der Waals surface area (Å²) in [7, 11) is 1.55. The van der Waals surface area contributed by atoms with Crippen LogP contribution in [0.3, 0.4) is 0 Å². The van der Waals surface area contributed by atoms with Crippen LogP contribution in [0.5, 0.6) is 23.0 Å². The second kappa shape index (κ2) is 8.76. The summed E-state index contributed by atoms with van der Waals surface area (Å²) in [4.78, 5) is 12.5. The minimum atomic E-state index is -0.229. The monoisotopic (exact) mass is 363 g/mol. The molecule has 5 nitrogen and oxygen atoms in total. The Kier molecular flexibility index (Phi) is 5.94. The number of hydrogen-bond donors (Lipinski definition) is 1. The van der Waals surface area contributed by atoms with Crippen molar-refractivity contribution in [1.82, 2.24) is 0 Å². The van der Waals surface area contributed by atoms with E-state index in [0.717, 1.165) is 5.75 Å². The van der Waals surface area contributed by atoms with Crippen LogP contribution in [0.2, 0.25) is 0 Å². The van der Waals surface area contributed by atoms with Crippen LogP contribution in [0.1, 0.15) is 17.3 Å². The van der Waals surface area contributed by atoms with Crippen LogP contribution in [0, 0.1) is 0 Å². The maximum atomic E-state index is 12.5. The van der Waals surface area contributed by atoms with Crippen LogP contribution in [-0.4, -0.2) is 19.6 Å². The number of ether oxygens (including phenoxy) is 3. The SMILES string of the molecule is CCOc1ccc(C(=O)Nc2ccc(Oc3ccccc3)cc2)cc1OC. The van der Waals surface area contributed by atoms with E-state index in [2.05, 4.69) is 5.32 Å². The van der Waals surface area contributed by atoms with Crippen molar-refractivity contribution >= 4 is 11.6 Å². The number of benzene rings is 3. The lowest BCUT2D eigenvalue weighted by Gasteiger charge is -2.11. The zero-order chi connectivity index (χ0) is 19.1. The van der Waals surface area contributed by atoms with Crippen LogP contribution < -0.4 is 19.5 Å². The number of rotatable bonds is 7. The molecule has 138 valence electrons. The lowest BCUT2D eigenvalue weighted by Crippen LogP contribution is -2.12. The normalized spacial score (nSPS) is 10.1. The smallest absolute Gasteiger partial charge is 0.255 e. The van der Waals surface area contributed by atoms with Gasteiger partial charge in [0.25, 0.3) is 5.91 Å². The number of carbonyl (C=O) groups excluding carboxylic acids is 1. The molecule has 0 bridgehead atoms. The topological polar surface area (TPSA) is 56.8 Å². The Bertz CT molecular complexity index is 892. The van der Waals surface area contributed by atoms with Gasteiger partial charge in [0.15, 0.2) is 11.5 Å². The number of amides is 1. The van der Waals surface area contributed by atoms with Crippen molar-refractivity contribution in [3.8, 4) is 23.0 Å². The Balaban J connectivity index is 1.67. The molecule has 0 heterocycles. The number of nitrogens with one attached hydrogen (secondary N) is 1. The van der Waals surface area contributed by atoms with Gasteiger partial charge in [-0.1, -0.05) is 18.2 Å². The minimum absolute atomic E-state index is 0.229. The average molecular weight is 363 g/mol. The molecule has 0 aliphatic heterocycles. The molecule has 0 atom stereocenters. The molecule has 0 aliphatic rings. The third-order valence-electron chi connectivity index (χ3n) is 3.82. The number of anilines is 1. The molecule has 5 heteroatoms. The van der Waals surface area contributed by atoms with Gasteiger partial charge in [0.05, 0.1) is 13.7 Å². The number of para-hydroxylation sites is 1. The fourth-order valence-corrected chi connectivity index (χ4v) is 2.52. The largest absolute Gasteiger partial charge is 0.493 e. The van der Waals surface area contributed by atoms with Crippen molar-refractivity contribution in [3.05, 3.63) is 78.4 Å². The van der Waals surface area contributed by atoms with Crippen LogP contribution in [0.25, 0.3) is 0 Å².